The van der Waals surface area contributed by atoms with Gasteiger partial charge < -0.3 is 14.2 Å². The lowest BCUT2D eigenvalue weighted by molar-refractivity contribution is -0.167. The molecule has 0 aliphatic heterocycles. The third kappa shape index (κ3) is 49.0. The second-order valence-electron chi connectivity index (χ2n) is 16.5. The van der Waals surface area contributed by atoms with Crippen molar-refractivity contribution in [1.82, 2.24) is 0 Å². The van der Waals surface area contributed by atoms with E-state index in [-0.39, 0.29) is 31.1 Å². The molecule has 0 fully saturated rings. The average molecular weight is 873 g/mol. The Bertz CT molecular complexity index is 1330. The van der Waals surface area contributed by atoms with E-state index in [1.165, 1.54) is 44.9 Å². The van der Waals surface area contributed by atoms with E-state index in [4.69, 9.17) is 14.2 Å². The summed E-state index contributed by atoms with van der Waals surface area (Å²) in [4.78, 5) is 38.0. The van der Waals surface area contributed by atoms with Crippen molar-refractivity contribution in [2.45, 2.75) is 219 Å². The van der Waals surface area contributed by atoms with Crippen LogP contribution in [-0.4, -0.2) is 37.2 Å². The number of carbonyl (C=O) groups is 3. The molecule has 0 aliphatic rings. The zero-order valence-corrected chi connectivity index (χ0v) is 40.5. The van der Waals surface area contributed by atoms with Gasteiger partial charge in [-0.05, 0) is 89.9 Å². The highest BCUT2D eigenvalue weighted by atomic mass is 16.6. The van der Waals surface area contributed by atoms with Crippen molar-refractivity contribution in [2.24, 2.45) is 0 Å². The number of unbranched alkanes of at least 4 members (excludes halogenated alkanes) is 20. The molecular weight excluding hydrogens is 781 g/mol. The van der Waals surface area contributed by atoms with Gasteiger partial charge in [0.2, 0.25) is 0 Å². The maximum atomic E-state index is 12.8. The first-order valence-electron chi connectivity index (χ1n) is 25.5. The molecule has 356 valence electrons. The zero-order valence-electron chi connectivity index (χ0n) is 40.5. The summed E-state index contributed by atoms with van der Waals surface area (Å²) in [5.74, 6) is -0.959. The van der Waals surface area contributed by atoms with Crippen molar-refractivity contribution in [2.75, 3.05) is 13.2 Å². The van der Waals surface area contributed by atoms with Gasteiger partial charge in [-0.3, -0.25) is 14.4 Å². The number of ether oxygens (including phenoxy) is 3. The van der Waals surface area contributed by atoms with Crippen molar-refractivity contribution in [1.29, 1.82) is 0 Å². The average Bonchev–Trinajstić information content (AvgIpc) is 3.28. The maximum Gasteiger partial charge on any atom is 0.306 e. The Kier molecular flexibility index (Phi) is 47.5. The van der Waals surface area contributed by atoms with Gasteiger partial charge in [0.1, 0.15) is 13.2 Å². The smallest absolute Gasteiger partial charge is 0.306 e. The Morgan fingerprint density at radius 2 is 0.698 bits per heavy atom. The van der Waals surface area contributed by atoms with Gasteiger partial charge in [0.15, 0.2) is 6.10 Å². The van der Waals surface area contributed by atoms with Crippen LogP contribution in [0.3, 0.4) is 0 Å². The number of hydrogen-bond donors (Lipinski definition) is 0. The monoisotopic (exact) mass is 873 g/mol. The van der Waals surface area contributed by atoms with Gasteiger partial charge in [0.05, 0.1) is 0 Å². The second kappa shape index (κ2) is 50.7. The summed E-state index contributed by atoms with van der Waals surface area (Å²) in [6, 6.07) is 0. The minimum absolute atomic E-state index is 0.102. The molecule has 0 bridgehead atoms. The molecule has 0 N–H and O–H groups in total. The molecule has 0 saturated carbocycles. The van der Waals surface area contributed by atoms with Crippen LogP contribution in [0, 0.1) is 0 Å². The summed E-state index contributed by atoms with van der Waals surface area (Å²) in [5, 5.41) is 0. The van der Waals surface area contributed by atoms with Gasteiger partial charge in [0.25, 0.3) is 0 Å². The van der Waals surface area contributed by atoms with E-state index in [1.54, 1.807) is 0 Å². The number of carbonyl (C=O) groups excluding carboxylic acids is 3. The third-order valence-corrected chi connectivity index (χ3v) is 10.4. The van der Waals surface area contributed by atoms with E-state index in [0.717, 1.165) is 128 Å². The first kappa shape index (κ1) is 59.1. The minimum atomic E-state index is -0.802. The van der Waals surface area contributed by atoms with Crippen molar-refractivity contribution in [3.05, 3.63) is 109 Å². The third-order valence-electron chi connectivity index (χ3n) is 10.4. The molecule has 0 aromatic carbocycles. The molecule has 1 atom stereocenters. The predicted octanol–water partition coefficient (Wildman–Crippen LogP) is 16.8. The standard InChI is InChI=1S/C57H92O6/c1-4-7-10-13-16-19-22-25-27-28-29-30-33-35-38-41-44-47-50-56(59)62-53-54(52-61-55(58)49-46-43-40-37-34-31-24-21-18-15-12-9-6-3)63-57(60)51-48-45-42-39-36-32-26-23-20-17-14-11-8-5-2/h8-9,11-12,15-22,24-25,27-30,54H,4-7,10,13-14,23,26,31-53H2,1-3H3/b11-8+,12-9+,18-15+,19-16+,20-17+,24-21+,25-22+,28-27+,30-29+. The SMILES string of the molecule is CC/C=C/C=C/C=C/CCCCCCCC(=O)OCC(COC(=O)CCCCCCC/C=C/C=C/C=C/C=C/CCCCC)OC(=O)CCCCCCCCC/C=C/C/C=C/CC. The van der Waals surface area contributed by atoms with Crippen LogP contribution < -0.4 is 0 Å². The van der Waals surface area contributed by atoms with Crippen LogP contribution in [0.15, 0.2) is 109 Å². The Labute approximate surface area is 387 Å². The first-order chi connectivity index (χ1) is 31.0. The zero-order chi connectivity index (χ0) is 45.8. The molecule has 63 heavy (non-hydrogen) atoms. The van der Waals surface area contributed by atoms with Crippen LogP contribution in [0.4, 0.5) is 0 Å². The van der Waals surface area contributed by atoms with Crippen LogP contribution in [0.1, 0.15) is 213 Å². The molecule has 6 nitrogen and oxygen atoms in total. The summed E-state index contributed by atoms with van der Waals surface area (Å²) < 4.78 is 16.7. The van der Waals surface area contributed by atoms with Gasteiger partial charge in [-0.25, -0.2) is 0 Å². The van der Waals surface area contributed by atoms with Crippen molar-refractivity contribution in [3.63, 3.8) is 0 Å². The van der Waals surface area contributed by atoms with E-state index < -0.39 is 6.10 Å². The minimum Gasteiger partial charge on any atom is -0.462 e. The van der Waals surface area contributed by atoms with E-state index in [2.05, 4.69) is 130 Å². The van der Waals surface area contributed by atoms with E-state index in [0.29, 0.717) is 19.3 Å². The molecule has 0 aromatic rings. The lowest BCUT2D eigenvalue weighted by Gasteiger charge is -2.18. The molecule has 0 radical (unpaired) electrons. The lowest BCUT2D eigenvalue weighted by Crippen LogP contribution is -2.30. The predicted molar refractivity (Wildman–Crippen MR) is 270 cm³/mol. The number of rotatable bonds is 44. The summed E-state index contributed by atoms with van der Waals surface area (Å²) >= 11 is 0. The fourth-order valence-electron chi connectivity index (χ4n) is 6.61. The lowest BCUT2D eigenvalue weighted by atomic mass is 10.1. The van der Waals surface area contributed by atoms with Crippen LogP contribution in [0.5, 0.6) is 0 Å². The molecule has 1 unspecified atom stereocenters. The molecule has 0 aliphatic carbocycles. The van der Waals surface area contributed by atoms with Crippen LogP contribution in [-0.2, 0) is 28.6 Å². The van der Waals surface area contributed by atoms with Gasteiger partial charge in [0, 0.05) is 19.3 Å². The number of esters is 3. The molecule has 0 rings (SSSR count). The fraction of sp³-hybridized carbons (Fsp3) is 0.632. The van der Waals surface area contributed by atoms with E-state index >= 15 is 0 Å². The Morgan fingerprint density at radius 3 is 1.14 bits per heavy atom. The largest absolute Gasteiger partial charge is 0.462 e. The quantitative estimate of drug-likeness (QED) is 0.0199. The Morgan fingerprint density at radius 1 is 0.349 bits per heavy atom. The van der Waals surface area contributed by atoms with E-state index in [9.17, 15) is 14.4 Å². The normalized spacial score (nSPS) is 13.0. The second-order valence-corrected chi connectivity index (χ2v) is 16.5. The van der Waals surface area contributed by atoms with Gasteiger partial charge >= 0.3 is 17.9 Å². The van der Waals surface area contributed by atoms with Crippen molar-refractivity contribution >= 4 is 17.9 Å². The summed E-state index contributed by atoms with van der Waals surface area (Å²) in [6.07, 6.45) is 67.8. The van der Waals surface area contributed by atoms with Crippen LogP contribution in [0.25, 0.3) is 0 Å². The van der Waals surface area contributed by atoms with Gasteiger partial charge in [-0.2, -0.15) is 0 Å². The van der Waals surface area contributed by atoms with Gasteiger partial charge in [-0.15, -0.1) is 0 Å². The molecule has 0 amide bonds. The number of allylic oxidation sites excluding steroid dienone is 18. The topological polar surface area (TPSA) is 78.9 Å². The summed E-state index contributed by atoms with van der Waals surface area (Å²) in [5.41, 5.74) is 0. The van der Waals surface area contributed by atoms with Crippen LogP contribution in [0.2, 0.25) is 0 Å². The first-order valence-corrected chi connectivity index (χ1v) is 25.5. The molecule has 0 heterocycles. The molecule has 6 heteroatoms. The van der Waals surface area contributed by atoms with Crippen molar-refractivity contribution in [3.8, 4) is 0 Å². The maximum absolute atomic E-state index is 12.8. The highest BCUT2D eigenvalue weighted by Gasteiger charge is 2.19. The molecule has 0 spiro atoms. The highest BCUT2D eigenvalue weighted by molar-refractivity contribution is 5.71. The highest BCUT2D eigenvalue weighted by Crippen LogP contribution is 2.13. The Hall–Kier alpha value is -3.93. The van der Waals surface area contributed by atoms with E-state index in [1.807, 2.05) is 0 Å². The molecule has 0 saturated heterocycles. The molecule has 0 aromatic heterocycles. The number of hydrogen-bond acceptors (Lipinski definition) is 6. The summed E-state index contributed by atoms with van der Waals surface area (Å²) in [6.45, 7) is 6.30. The van der Waals surface area contributed by atoms with Gasteiger partial charge in [-0.1, -0.05) is 214 Å². The fourth-order valence-corrected chi connectivity index (χ4v) is 6.61. The summed E-state index contributed by atoms with van der Waals surface area (Å²) in [7, 11) is 0. The van der Waals surface area contributed by atoms with Crippen LogP contribution >= 0.6 is 0 Å². The molecular formula is C57H92O6. The Balaban J connectivity index is 4.48. The van der Waals surface area contributed by atoms with Crippen molar-refractivity contribution < 1.29 is 28.6 Å².